The summed E-state index contributed by atoms with van der Waals surface area (Å²) in [5, 5.41) is 4.58. The van der Waals surface area contributed by atoms with Crippen LogP contribution in [0.5, 0.6) is 0 Å². The molecule has 1 aromatic carbocycles. The van der Waals surface area contributed by atoms with Gasteiger partial charge in [0.05, 0.1) is 16.1 Å². The van der Waals surface area contributed by atoms with Gasteiger partial charge >= 0.3 is 0 Å². The zero-order chi connectivity index (χ0) is 12.3. The van der Waals surface area contributed by atoms with Crippen LogP contribution in [0.1, 0.15) is 11.6 Å². The van der Waals surface area contributed by atoms with Gasteiger partial charge in [0.2, 0.25) is 0 Å². The lowest BCUT2D eigenvalue weighted by molar-refractivity contribution is 0.203. The average Bonchev–Trinajstić information content (AvgIpc) is 2.37. The van der Waals surface area contributed by atoms with Crippen LogP contribution in [0.3, 0.4) is 0 Å². The molecular weight excluding hydrogens is 255 g/mol. The van der Waals surface area contributed by atoms with Crippen molar-refractivity contribution in [1.82, 2.24) is 10.2 Å². The number of hydrogen-bond donors (Lipinski definition) is 1. The van der Waals surface area contributed by atoms with E-state index < -0.39 is 0 Å². The van der Waals surface area contributed by atoms with Gasteiger partial charge in [-0.3, -0.25) is 4.90 Å². The van der Waals surface area contributed by atoms with Gasteiger partial charge in [0, 0.05) is 26.2 Å². The minimum absolute atomic E-state index is 0.142. The Labute approximate surface area is 112 Å². The van der Waals surface area contributed by atoms with E-state index >= 15 is 0 Å². The van der Waals surface area contributed by atoms with E-state index in [-0.39, 0.29) is 6.04 Å². The Bertz CT molecular complexity index is 400. The molecule has 0 amide bonds. The topological polar surface area (TPSA) is 15.3 Å². The van der Waals surface area contributed by atoms with Crippen molar-refractivity contribution in [3.63, 3.8) is 0 Å². The van der Waals surface area contributed by atoms with E-state index in [1.165, 1.54) is 0 Å². The van der Waals surface area contributed by atoms with Gasteiger partial charge in [-0.15, -0.1) is 6.58 Å². The fourth-order valence-electron chi connectivity index (χ4n) is 2.18. The third-order valence-corrected chi connectivity index (χ3v) is 3.90. The first-order chi connectivity index (χ1) is 8.24. The molecule has 0 aromatic heterocycles. The molecule has 1 N–H and O–H groups in total. The number of benzene rings is 1. The van der Waals surface area contributed by atoms with Gasteiger partial charge in [0.25, 0.3) is 0 Å². The second-order valence-corrected chi connectivity index (χ2v) is 4.89. The van der Waals surface area contributed by atoms with E-state index in [1.807, 2.05) is 24.3 Å². The number of rotatable bonds is 3. The van der Waals surface area contributed by atoms with Crippen LogP contribution in [0.4, 0.5) is 0 Å². The highest BCUT2D eigenvalue weighted by molar-refractivity contribution is 6.42. The van der Waals surface area contributed by atoms with Gasteiger partial charge in [-0.2, -0.15) is 0 Å². The Morgan fingerprint density at radius 2 is 2.00 bits per heavy atom. The molecule has 0 bridgehead atoms. The van der Waals surface area contributed by atoms with Crippen molar-refractivity contribution in [2.24, 2.45) is 0 Å². The minimum Gasteiger partial charge on any atom is -0.314 e. The maximum atomic E-state index is 6.26. The van der Waals surface area contributed by atoms with Crippen LogP contribution < -0.4 is 5.32 Å². The Balaban J connectivity index is 2.27. The molecule has 1 heterocycles. The lowest BCUT2D eigenvalue weighted by Crippen LogP contribution is -2.44. The molecule has 0 saturated carbocycles. The van der Waals surface area contributed by atoms with Crippen molar-refractivity contribution >= 4 is 23.2 Å². The highest BCUT2D eigenvalue weighted by atomic mass is 35.5. The Morgan fingerprint density at radius 3 is 2.65 bits per heavy atom. The molecule has 0 radical (unpaired) electrons. The minimum atomic E-state index is 0.142. The van der Waals surface area contributed by atoms with E-state index in [4.69, 9.17) is 23.2 Å². The molecule has 1 saturated heterocycles. The SMILES string of the molecule is C=C[C@H](c1cccc(Cl)c1Cl)N1CCNCC1. The van der Waals surface area contributed by atoms with Gasteiger partial charge in [-0.1, -0.05) is 41.4 Å². The fraction of sp³-hybridized carbons (Fsp3) is 0.385. The summed E-state index contributed by atoms with van der Waals surface area (Å²) >= 11 is 12.3. The first kappa shape index (κ1) is 12.9. The Morgan fingerprint density at radius 1 is 1.29 bits per heavy atom. The zero-order valence-corrected chi connectivity index (χ0v) is 11.1. The first-order valence-corrected chi connectivity index (χ1v) is 6.51. The van der Waals surface area contributed by atoms with Crippen LogP contribution in [0.25, 0.3) is 0 Å². The van der Waals surface area contributed by atoms with Crippen molar-refractivity contribution in [2.45, 2.75) is 6.04 Å². The first-order valence-electron chi connectivity index (χ1n) is 5.75. The predicted molar refractivity (Wildman–Crippen MR) is 73.8 cm³/mol. The highest BCUT2D eigenvalue weighted by Crippen LogP contribution is 2.33. The fourth-order valence-corrected chi connectivity index (χ4v) is 2.60. The number of halogens is 2. The molecule has 0 unspecified atom stereocenters. The summed E-state index contributed by atoms with van der Waals surface area (Å²) in [6.07, 6.45) is 1.93. The molecule has 92 valence electrons. The van der Waals surface area contributed by atoms with Crippen LogP contribution in [-0.2, 0) is 0 Å². The number of nitrogens with zero attached hydrogens (tertiary/aromatic N) is 1. The van der Waals surface area contributed by atoms with Crippen LogP contribution >= 0.6 is 23.2 Å². The molecule has 1 atom stereocenters. The molecular formula is C13H16Cl2N2. The number of nitrogens with one attached hydrogen (secondary N) is 1. The molecule has 17 heavy (non-hydrogen) atoms. The van der Waals surface area contributed by atoms with Crippen molar-refractivity contribution in [3.05, 3.63) is 46.5 Å². The molecule has 2 nitrogen and oxygen atoms in total. The summed E-state index contributed by atoms with van der Waals surface area (Å²) in [4.78, 5) is 2.36. The van der Waals surface area contributed by atoms with Crippen LogP contribution in [0.2, 0.25) is 10.0 Å². The standard InChI is InChI=1S/C13H16Cl2N2/c1-2-12(17-8-6-16-7-9-17)10-4-3-5-11(14)13(10)15/h2-5,12,16H,1,6-9H2/t12-/m1/s1. The monoisotopic (exact) mass is 270 g/mol. The third kappa shape index (κ3) is 2.83. The Hall–Kier alpha value is -0.540. The van der Waals surface area contributed by atoms with E-state index in [0.29, 0.717) is 10.0 Å². The normalized spacial score (nSPS) is 18.9. The third-order valence-electron chi connectivity index (χ3n) is 3.07. The summed E-state index contributed by atoms with van der Waals surface area (Å²) in [5.41, 5.74) is 1.04. The highest BCUT2D eigenvalue weighted by Gasteiger charge is 2.21. The van der Waals surface area contributed by atoms with E-state index in [1.54, 1.807) is 0 Å². The largest absolute Gasteiger partial charge is 0.314 e. The van der Waals surface area contributed by atoms with Gasteiger partial charge < -0.3 is 5.32 Å². The average molecular weight is 271 g/mol. The smallest absolute Gasteiger partial charge is 0.0643 e. The molecule has 0 spiro atoms. The van der Waals surface area contributed by atoms with Crippen LogP contribution in [0, 0.1) is 0 Å². The predicted octanol–water partition coefficient (Wildman–Crippen LogP) is 3.13. The molecule has 1 aromatic rings. The molecule has 1 fully saturated rings. The number of piperazine rings is 1. The maximum absolute atomic E-state index is 6.26. The van der Waals surface area contributed by atoms with Crippen molar-refractivity contribution in [3.8, 4) is 0 Å². The molecule has 4 heteroatoms. The second-order valence-electron chi connectivity index (χ2n) is 4.11. The second kappa shape index (κ2) is 5.87. The Kier molecular flexibility index (Phi) is 4.46. The van der Waals surface area contributed by atoms with Gasteiger partial charge in [-0.25, -0.2) is 0 Å². The van der Waals surface area contributed by atoms with Crippen LogP contribution in [-0.4, -0.2) is 31.1 Å². The zero-order valence-electron chi connectivity index (χ0n) is 9.63. The van der Waals surface area contributed by atoms with Gasteiger partial charge in [0.15, 0.2) is 0 Å². The summed E-state index contributed by atoms with van der Waals surface area (Å²) in [6, 6.07) is 5.90. The molecule has 1 aliphatic rings. The summed E-state index contributed by atoms with van der Waals surface area (Å²) in [5.74, 6) is 0. The quantitative estimate of drug-likeness (QED) is 0.850. The van der Waals surface area contributed by atoms with E-state index in [9.17, 15) is 0 Å². The van der Waals surface area contributed by atoms with Gasteiger partial charge in [-0.05, 0) is 11.6 Å². The van der Waals surface area contributed by atoms with E-state index in [2.05, 4.69) is 16.8 Å². The maximum Gasteiger partial charge on any atom is 0.0643 e. The lowest BCUT2D eigenvalue weighted by atomic mass is 10.0. The van der Waals surface area contributed by atoms with Crippen molar-refractivity contribution in [2.75, 3.05) is 26.2 Å². The summed E-state index contributed by atoms with van der Waals surface area (Å²) < 4.78 is 0. The summed E-state index contributed by atoms with van der Waals surface area (Å²) in [6.45, 7) is 7.92. The van der Waals surface area contributed by atoms with Gasteiger partial charge in [0.1, 0.15) is 0 Å². The van der Waals surface area contributed by atoms with Crippen molar-refractivity contribution < 1.29 is 0 Å². The molecule has 0 aliphatic carbocycles. The summed E-state index contributed by atoms with van der Waals surface area (Å²) in [7, 11) is 0. The molecule has 2 rings (SSSR count). The van der Waals surface area contributed by atoms with E-state index in [0.717, 1.165) is 31.7 Å². The van der Waals surface area contributed by atoms with Crippen molar-refractivity contribution in [1.29, 1.82) is 0 Å². The molecule has 1 aliphatic heterocycles. The van der Waals surface area contributed by atoms with Crippen LogP contribution in [0.15, 0.2) is 30.9 Å². The number of hydrogen-bond acceptors (Lipinski definition) is 2. The lowest BCUT2D eigenvalue weighted by Gasteiger charge is -2.33.